The van der Waals surface area contributed by atoms with E-state index >= 15 is 0 Å². The van der Waals surface area contributed by atoms with E-state index in [2.05, 4.69) is 24.1 Å². The molecule has 2 aliphatic rings. The molecule has 0 spiro atoms. The Kier molecular flexibility index (Phi) is 4.65. The molecular formula is C14H25N3O3. The van der Waals surface area contributed by atoms with Crippen molar-refractivity contribution in [2.24, 2.45) is 5.92 Å². The van der Waals surface area contributed by atoms with Crippen LogP contribution >= 0.6 is 0 Å². The van der Waals surface area contributed by atoms with E-state index < -0.39 is 18.2 Å². The summed E-state index contributed by atoms with van der Waals surface area (Å²) in [7, 11) is 0. The van der Waals surface area contributed by atoms with Crippen LogP contribution in [0.4, 0.5) is 0 Å². The van der Waals surface area contributed by atoms with Crippen LogP contribution < -0.4 is 5.32 Å². The minimum absolute atomic E-state index is 0.148. The highest BCUT2D eigenvalue weighted by Crippen LogP contribution is 2.18. The number of amides is 2. The molecule has 2 rings (SSSR count). The van der Waals surface area contributed by atoms with Gasteiger partial charge in [-0.05, 0) is 25.8 Å². The molecule has 0 radical (unpaired) electrons. The molecule has 0 aromatic heterocycles. The Morgan fingerprint density at radius 2 is 2.00 bits per heavy atom. The number of aliphatic hydroxyl groups excluding tert-OH is 1. The molecule has 2 heterocycles. The molecule has 20 heavy (non-hydrogen) atoms. The second-order valence-electron chi connectivity index (χ2n) is 6.26. The molecule has 0 unspecified atom stereocenters. The Hall–Kier alpha value is -1.14. The summed E-state index contributed by atoms with van der Waals surface area (Å²) in [6.07, 6.45) is 0.241. The van der Waals surface area contributed by atoms with E-state index in [1.54, 1.807) is 4.90 Å². The van der Waals surface area contributed by atoms with Gasteiger partial charge in [-0.3, -0.25) is 14.5 Å². The number of rotatable bonds is 4. The van der Waals surface area contributed by atoms with E-state index in [4.69, 9.17) is 0 Å². The van der Waals surface area contributed by atoms with Crippen molar-refractivity contribution in [1.29, 1.82) is 0 Å². The number of hydrogen-bond acceptors (Lipinski definition) is 4. The molecule has 2 amide bonds. The summed E-state index contributed by atoms with van der Waals surface area (Å²) in [4.78, 5) is 28.3. The summed E-state index contributed by atoms with van der Waals surface area (Å²) < 4.78 is 0. The lowest BCUT2D eigenvalue weighted by Crippen LogP contribution is -2.71. The smallest absolute Gasteiger partial charge is 0.248 e. The number of nitrogens with one attached hydrogen (secondary N) is 1. The van der Waals surface area contributed by atoms with Gasteiger partial charge in [0, 0.05) is 19.6 Å². The second kappa shape index (κ2) is 6.10. The number of nitrogens with zero attached hydrogens (tertiary/aromatic N) is 2. The fourth-order valence-electron chi connectivity index (χ4n) is 2.79. The fraction of sp³-hybridized carbons (Fsp3) is 0.857. The highest BCUT2D eigenvalue weighted by atomic mass is 16.3. The molecule has 6 nitrogen and oxygen atoms in total. The van der Waals surface area contributed by atoms with Crippen LogP contribution in [0, 0.1) is 5.92 Å². The number of aliphatic hydroxyl groups is 1. The molecule has 2 aliphatic heterocycles. The lowest BCUT2D eigenvalue weighted by atomic mass is 10.0. The largest absolute Gasteiger partial charge is 0.391 e. The van der Waals surface area contributed by atoms with Crippen LogP contribution in [0.2, 0.25) is 0 Å². The Morgan fingerprint density at radius 1 is 1.30 bits per heavy atom. The number of carbonyl (C=O) groups is 2. The normalized spacial score (nSPS) is 29.4. The van der Waals surface area contributed by atoms with Crippen LogP contribution in [-0.4, -0.2) is 71.1 Å². The van der Waals surface area contributed by atoms with Gasteiger partial charge in [0.2, 0.25) is 11.8 Å². The maximum atomic E-state index is 12.3. The van der Waals surface area contributed by atoms with E-state index in [-0.39, 0.29) is 11.8 Å². The molecule has 2 saturated heterocycles. The minimum Gasteiger partial charge on any atom is -0.391 e. The van der Waals surface area contributed by atoms with Gasteiger partial charge < -0.3 is 15.3 Å². The fourth-order valence-corrected chi connectivity index (χ4v) is 2.79. The van der Waals surface area contributed by atoms with Gasteiger partial charge in [-0.1, -0.05) is 13.8 Å². The Labute approximate surface area is 120 Å². The molecular weight excluding hydrogens is 258 g/mol. The van der Waals surface area contributed by atoms with Crippen LogP contribution in [0.5, 0.6) is 0 Å². The molecule has 0 bridgehead atoms. The lowest BCUT2D eigenvalue weighted by molar-refractivity contribution is -0.155. The Bertz CT molecular complexity index is 384. The van der Waals surface area contributed by atoms with Crippen molar-refractivity contribution in [3.05, 3.63) is 0 Å². The Morgan fingerprint density at radius 3 is 2.60 bits per heavy atom. The number of piperazine rings is 2. The maximum absolute atomic E-state index is 12.3. The lowest BCUT2D eigenvalue weighted by Gasteiger charge is -2.45. The van der Waals surface area contributed by atoms with Crippen molar-refractivity contribution in [2.75, 3.05) is 26.2 Å². The van der Waals surface area contributed by atoms with Crippen molar-refractivity contribution < 1.29 is 14.7 Å². The molecule has 114 valence electrons. The van der Waals surface area contributed by atoms with Gasteiger partial charge in [0.25, 0.3) is 0 Å². The van der Waals surface area contributed by atoms with Gasteiger partial charge in [-0.15, -0.1) is 0 Å². The van der Waals surface area contributed by atoms with Crippen LogP contribution in [0.15, 0.2) is 0 Å². The zero-order valence-corrected chi connectivity index (χ0v) is 12.5. The third kappa shape index (κ3) is 3.12. The van der Waals surface area contributed by atoms with E-state index in [1.807, 2.05) is 0 Å². The highest BCUT2D eigenvalue weighted by molar-refractivity contribution is 5.97. The second-order valence-corrected chi connectivity index (χ2v) is 6.26. The van der Waals surface area contributed by atoms with Crippen molar-refractivity contribution in [2.45, 2.75) is 45.4 Å². The molecule has 3 atom stereocenters. The molecule has 0 aromatic carbocycles. The van der Waals surface area contributed by atoms with Gasteiger partial charge in [0.1, 0.15) is 12.1 Å². The standard InChI is InChI=1S/C14H25N3O3/c1-9(2)4-5-16-6-7-17-11(8-16)13(19)15-12(10(3)18)14(17)20/h9-12,18H,4-8H2,1-3H3,(H,15,19)/t10-,11-,12+/m1/s1. The van der Waals surface area contributed by atoms with Crippen molar-refractivity contribution >= 4 is 11.8 Å². The third-order valence-electron chi connectivity index (χ3n) is 4.12. The first-order valence-corrected chi connectivity index (χ1v) is 7.41. The van der Waals surface area contributed by atoms with Crippen LogP contribution in [-0.2, 0) is 9.59 Å². The highest BCUT2D eigenvalue weighted by Gasteiger charge is 2.44. The van der Waals surface area contributed by atoms with Crippen molar-refractivity contribution in [1.82, 2.24) is 15.1 Å². The predicted octanol–water partition coefficient (Wildman–Crippen LogP) is -0.575. The molecule has 0 aromatic rings. The summed E-state index contributed by atoms with van der Waals surface area (Å²) in [5.41, 5.74) is 0. The van der Waals surface area contributed by atoms with Crippen LogP contribution in [0.3, 0.4) is 0 Å². The van der Waals surface area contributed by atoms with Gasteiger partial charge in [-0.25, -0.2) is 0 Å². The topological polar surface area (TPSA) is 72.9 Å². The minimum atomic E-state index is -0.855. The van der Waals surface area contributed by atoms with Crippen molar-refractivity contribution in [3.63, 3.8) is 0 Å². The molecule has 2 N–H and O–H groups in total. The first-order chi connectivity index (χ1) is 9.40. The monoisotopic (exact) mass is 283 g/mol. The summed E-state index contributed by atoms with van der Waals surface area (Å²) in [6.45, 7) is 8.82. The van der Waals surface area contributed by atoms with Crippen molar-refractivity contribution in [3.8, 4) is 0 Å². The van der Waals surface area contributed by atoms with E-state index in [9.17, 15) is 14.7 Å². The van der Waals surface area contributed by atoms with E-state index in [0.29, 0.717) is 19.0 Å². The zero-order chi connectivity index (χ0) is 14.9. The Balaban J connectivity index is 1.99. The first kappa shape index (κ1) is 15.3. The SMILES string of the molecule is CC(C)CCN1CCN2C(=O)[C@H]([C@@H](C)O)NC(=O)[C@H]2C1. The molecule has 2 fully saturated rings. The summed E-state index contributed by atoms with van der Waals surface area (Å²) in [5.74, 6) is 0.326. The van der Waals surface area contributed by atoms with Gasteiger partial charge >= 0.3 is 0 Å². The van der Waals surface area contributed by atoms with Gasteiger partial charge in [-0.2, -0.15) is 0 Å². The molecule has 0 aliphatic carbocycles. The van der Waals surface area contributed by atoms with Crippen LogP contribution in [0.1, 0.15) is 27.2 Å². The molecule has 6 heteroatoms. The zero-order valence-electron chi connectivity index (χ0n) is 12.5. The number of fused-ring (bicyclic) bond motifs is 1. The number of hydrogen-bond donors (Lipinski definition) is 2. The predicted molar refractivity (Wildman–Crippen MR) is 75.0 cm³/mol. The van der Waals surface area contributed by atoms with E-state index in [0.717, 1.165) is 19.5 Å². The molecule has 0 saturated carbocycles. The average molecular weight is 283 g/mol. The maximum Gasteiger partial charge on any atom is 0.248 e. The van der Waals surface area contributed by atoms with Gasteiger partial charge in [0.05, 0.1) is 6.10 Å². The average Bonchev–Trinajstić information content (AvgIpc) is 2.40. The number of carbonyl (C=O) groups excluding carboxylic acids is 2. The quantitative estimate of drug-likeness (QED) is 0.724. The van der Waals surface area contributed by atoms with Crippen LogP contribution in [0.25, 0.3) is 0 Å². The first-order valence-electron chi connectivity index (χ1n) is 7.41. The van der Waals surface area contributed by atoms with Gasteiger partial charge in [0.15, 0.2) is 0 Å². The van der Waals surface area contributed by atoms with E-state index in [1.165, 1.54) is 6.92 Å². The summed E-state index contributed by atoms with van der Waals surface area (Å²) >= 11 is 0. The summed E-state index contributed by atoms with van der Waals surface area (Å²) in [5, 5.41) is 12.2. The third-order valence-corrected chi connectivity index (χ3v) is 4.12. The summed E-state index contributed by atoms with van der Waals surface area (Å²) in [6, 6.07) is -1.20.